The van der Waals surface area contributed by atoms with E-state index in [4.69, 9.17) is 0 Å². The Labute approximate surface area is 102 Å². The van der Waals surface area contributed by atoms with Crippen molar-refractivity contribution in [3.63, 3.8) is 0 Å². The van der Waals surface area contributed by atoms with Gasteiger partial charge >= 0.3 is 0 Å². The standard InChI is InChI=1S/C12H14BrF2N/c13-12-10(14)5-9(6-11(12)15)4-8-2-1-3-16-7-8/h5-6,8,16H,1-4,7H2. The largest absolute Gasteiger partial charge is 0.316 e. The first-order chi connectivity index (χ1) is 7.66. The molecule has 1 aliphatic heterocycles. The summed E-state index contributed by atoms with van der Waals surface area (Å²) < 4.78 is 26.5. The topological polar surface area (TPSA) is 12.0 Å². The van der Waals surface area contributed by atoms with Gasteiger partial charge in [0, 0.05) is 0 Å². The zero-order valence-corrected chi connectivity index (χ0v) is 10.5. The molecule has 2 rings (SSSR count). The van der Waals surface area contributed by atoms with Crippen molar-refractivity contribution in [1.82, 2.24) is 5.32 Å². The minimum absolute atomic E-state index is 0.0713. The highest BCUT2D eigenvalue weighted by Crippen LogP contribution is 2.24. The molecule has 1 saturated heterocycles. The Balaban J connectivity index is 2.09. The summed E-state index contributed by atoms with van der Waals surface area (Å²) in [5.41, 5.74) is 0.743. The maximum absolute atomic E-state index is 13.3. The van der Waals surface area contributed by atoms with Crippen LogP contribution in [0.4, 0.5) is 8.78 Å². The lowest BCUT2D eigenvalue weighted by atomic mass is 9.92. The van der Waals surface area contributed by atoms with Crippen molar-refractivity contribution >= 4 is 15.9 Å². The molecule has 0 saturated carbocycles. The van der Waals surface area contributed by atoms with Crippen molar-refractivity contribution in [3.05, 3.63) is 33.8 Å². The molecule has 1 atom stereocenters. The molecule has 1 aliphatic rings. The van der Waals surface area contributed by atoms with Crippen molar-refractivity contribution in [3.8, 4) is 0 Å². The Bertz CT molecular complexity index is 352. The lowest BCUT2D eigenvalue weighted by molar-refractivity contribution is 0.375. The van der Waals surface area contributed by atoms with E-state index in [0.717, 1.165) is 37.9 Å². The number of hydrogen-bond donors (Lipinski definition) is 1. The number of rotatable bonds is 2. The lowest BCUT2D eigenvalue weighted by Gasteiger charge is -2.22. The molecule has 1 aromatic carbocycles. The molecule has 0 radical (unpaired) electrons. The van der Waals surface area contributed by atoms with Gasteiger partial charge in [-0.1, -0.05) is 0 Å². The Kier molecular flexibility index (Phi) is 3.92. The van der Waals surface area contributed by atoms with Gasteiger partial charge in [-0.25, -0.2) is 8.78 Å². The van der Waals surface area contributed by atoms with Gasteiger partial charge < -0.3 is 5.32 Å². The molecule has 1 aromatic rings. The first-order valence-corrected chi connectivity index (χ1v) is 6.30. The molecule has 0 aliphatic carbocycles. The maximum Gasteiger partial charge on any atom is 0.140 e. The molecule has 0 aromatic heterocycles. The van der Waals surface area contributed by atoms with Gasteiger partial charge in [-0.3, -0.25) is 0 Å². The van der Waals surface area contributed by atoms with Crippen LogP contribution in [-0.2, 0) is 6.42 Å². The van der Waals surface area contributed by atoms with E-state index in [1.54, 1.807) is 0 Å². The minimum atomic E-state index is -0.515. The van der Waals surface area contributed by atoms with Crippen LogP contribution in [0.15, 0.2) is 16.6 Å². The van der Waals surface area contributed by atoms with Crippen molar-refractivity contribution < 1.29 is 8.78 Å². The van der Waals surface area contributed by atoms with E-state index in [0.29, 0.717) is 5.92 Å². The lowest BCUT2D eigenvalue weighted by Crippen LogP contribution is -2.30. The zero-order valence-electron chi connectivity index (χ0n) is 8.90. The number of nitrogens with one attached hydrogen (secondary N) is 1. The highest BCUT2D eigenvalue weighted by molar-refractivity contribution is 9.10. The van der Waals surface area contributed by atoms with Gasteiger partial charge in [-0.05, 0) is 71.9 Å². The van der Waals surface area contributed by atoms with Crippen molar-refractivity contribution in [2.45, 2.75) is 19.3 Å². The third kappa shape index (κ3) is 2.80. The van der Waals surface area contributed by atoms with Gasteiger partial charge in [-0.2, -0.15) is 0 Å². The Morgan fingerprint density at radius 3 is 2.56 bits per heavy atom. The summed E-state index contributed by atoms with van der Waals surface area (Å²) in [6.07, 6.45) is 3.02. The molecule has 1 nitrogen and oxygen atoms in total. The second-order valence-electron chi connectivity index (χ2n) is 4.29. The second-order valence-corrected chi connectivity index (χ2v) is 5.08. The third-order valence-corrected chi connectivity index (χ3v) is 3.72. The van der Waals surface area contributed by atoms with Gasteiger partial charge in [0.15, 0.2) is 0 Å². The molecule has 0 amide bonds. The predicted octanol–water partition coefficient (Wildman–Crippen LogP) is 3.27. The SMILES string of the molecule is Fc1cc(CC2CCCNC2)cc(F)c1Br. The molecule has 88 valence electrons. The van der Waals surface area contributed by atoms with Crippen LogP contribution in [0.25, 0.3) is 0 Å². The fourth-order valence-corrected chi connectivity index (χ4v) is 2.39. The van der Waals surface area contributed by atoms with Crippen molar-refractivity contribution in [2.24, 2.45) is 5.92 Å². The number of halogens is 3. The maximum atomic E-state index is 13.3. The van der Waals surface area contributed by atoms with Crippen LogP contribution in [0, 0.1) is 17.6 Å². The van der Waals surface area contributed by atoms with Gasteiger partial charge in [0.2, 0.25) is 0 Å². The average molecular weight is 290 g/mol. The van der Waals surface area contributed by atoms with Crippen LogP contribution in [0.2, 0.25) is 0 Å². The van der Waals surface area contributed by atoms with Crippen LogP contribution in [0.5, 0.6) is 0 Å². The van der Waals surface area contributed by atoms with E-state index < -0.39 is 11.6 Å². The number of benzene rings is 1. The molecule has 1 heterocycles. The highest BCUT2D eigenvalue weighted by Gasteiger charge is 2.15. The normalized spacial score (nSPS) is 21.1. The Morgan fingerprint density at radius 1 is 1.31 bits per heavy atom. The summed E-state index contributed by atoms with van der Waals surface area (Å²) in [4.78, 5) is 0. The quantitative estimate of drug-likeness (QED) is 0.824. The van der Waals surface area contributed by atoms with Crippen molar-refractivity contribution in [2.75, 3.05) is 13.1 Å². The van der Waals surface area contributed by atoms with E-state index in [1.165, 1.54) is 12.1 Å². The van der Waals surface area contributed by atoms with Crippen LogP contribution >= 0.6 is 15.9 Å². The summed E-state index contributed by atoms with van der Waals surface area (Å²) in [5, 5.41) is 3.30. The smallest absolute Gasteiger partial charge is 0.140 e. The molecule has 1 fully saturated rings. The molecular weight excluding hydrogens is 276 g/mol. The molecule has 1 unspecified atom stereocenters. The van der Waals surface area contributed by atoms with Crippen molar-refractivity contribution in [1.29, 1.82) is 0 Å². The van der Waals surface area contributed by atoms with Gasteiger partial charge in [0.25, 0.3) is 0 Å². The first kappa shape index (κ1) is 12.0. The van der Waals surface area contributed by atoms with Crippen LogP contribution in [0.1, 0.15) is 18.4 Å². The molecule has 4 heteroatoms. The molecule has 16 heavy (non-hydrogen) atoms. The van der Waals surface area contributed by atoms with E-state index in [2.05, 4.69) is 21.2 Å². The van der Waals surface area contributed by atoms with E-state index in [9.17, 15) is 8.78 Å². The molecule has 0 bridgehead atoms. The summed E-state index contributed by atoms with van der Waals surface area (Å²) in [5.74, 6) is -0.536. The fourth-order valence-electron chi connectivity index (χ4n) is 2.16. The van der Waals surface area contributed by atoms with E-state index >= 15 is 0 Å². The van der Waals surface area contributed by atoms with E-state index in [-0.39, 0.29) is 4.47 Å². The van der Waals surface area contributed by atoms with Crippen LogP contribution in [0.3, 0.4) is 0 Å². The monoisotopic (exact) mass is 289 g/mol. The summed E-state index contributed by atoms with van der Waals surface area (Å²) in [6.45, 7) is 2.00. The van der Waals surface area contributed by atoms with Gasteiger partial charge in [0.1, 0.15) is 11.6 Å². The van der Waals surface area contributed by atoms with Crippen LogP contribution in [-0.4, -0.2) is 13.1 Å². The molecule has 1 N–H and O–H groups in total. The van der Waals surface area contributed by atoms with Gasteiger partial charge in [-0.15, -0.1) is 0 Å². The fraction of sp³-hybridized carbons (Fsp3) is 0.500. The molecule has 0 spiro atoms. The summed E-state index contributed by atoms with van der Waals surface area (Å²) in [7, 11) is 0. The Hall–Kier alpha value is -0.480. The highest BCUT2D eigenvalue weighted by atomic mass is 79.9. The first-order valence-electron chi connectivity index (χ1n) is 5.51. The zero-order chi connectivity index (χ0) is 11.5. The Morgan fingerprint density at radius 2 is 2.00 bits per heavy atom. The summed E-state index contributed by atoms with van der Waals surface area (Å²) >= 11 is 2.88. The van der Waals surface area contributed by atoms with E-state index in [1.807, 2.05) is 0 Å². The second kappa shape index (κ2) is 5.23. The summed E-state index contributed by atoms with van der Waals surface area (Å²) in [6, 6.07) is 2.84. The van der Waals surface area contributed by atoms with Crippen LogP contribution < -0.4 is 5.32 Å². The van der Waals surface area contributed by atoms with Gasteiger partial charge in [0.05, 0.1) is 4.47 Å². The average Bonchev–Trinajstić information content (AvgIpc) is 2.27. The predicted molar refractivity (Wildman–Crippen MR) is 63.4 cm³/mol. The minimum Gasteiger partial charge on any atom is -0.316 e. The number of hydrogen-bond acceptors (Lipinski definition) is 1. The molecular formula is C12H14BrF2N. The number of piperidine rings is 1. The third-order valence-electron chi connectivity index (χ3n) is 2.97.